The number of amidine groups is 1. The van der Waals surface area contributed by atoms with Gasteiger partial charge in [0, 0.05) is 26.5 Å². The van der Waals surface area contributed by atoms with Gasteiger partial charge in [-0.25, -0.2) is 5.43 Å². The van der Waals surface area contributed by atoms with Crippen molar-refractivity contribution < 1.29 is 0 Å². The fourth-order valence-electron chi connectivity index (χ4n) is 0.872. The molecule has 1 heterocycles. The lowest BCUT2D eigenvalue weighted by Crippen LogP contribution is -2.17. The molecule has 1 aliphatic rings. The lowest BCUT2D eigenvalue weighted by atomic mass is 10.4. The summed E-state index contributed by atoms with van der Waals surface area (Å²) in [5.41, 5.74) is 3.45. The highest BCUT2D eigenvalue weighted by atomic mass is 15.5. The SMILES string of the molecule is C/C=C1/N=NNC1=NN(C)/C=C\NC. The Hall–Kier alpha value is -1.85. The molecule has 1 rings (SSSR count). The van der Waals surface area contributed by atoms with Gasteiger partial charge in [-0.05, 0) is 6.92 Å². The molecule has 0 bridgehead atoms. The first-order valence-corrected chi connectivity index (χ1v) is 4.26. The molecule has 0 radical (unpaired) electrons. The van der Waals surface area contributed by atoms with E-state index in [-0.39, 0.29) is 0 Å². The van der Waals surface area contributed by atoms with Crippen molar-refractivity contribution in [3.05, 3.63) is 24.2 Å². The Balaban J connectivity index is 2.65. The number of hydrogen-bond donors (Lipinski definition) is 2. The summed E-state index contributed by atoms with van der Waals surface area (Å²) in [6, 6.07) is 0. The molecule has 0 aromatic carbocycles. The van der Waals surface area contributed by atoms with E-state index in [2.05, 4.69) is 26.2 Å². The van der Waals surface area contributed by atoms with Crippen molar-refractivity contribution >= 4 is 5.84 Å². The molecule has 1 aliphatic heterocycles. The van der Waals surface area contributed by atoms with Gasteiger partial charge >= 0.3 is 0 Å². The van der Waals surface area contributed by atoms with Crippen molar-refractivity contribution in [3.63, 3.8) is 0 Å². The molecule has 0 spiro atoms. The first kappa shape index (κ1) is 10.2. The lowest BCUT2D eigenvalue weighted by molar-refractivity contribution is 0.485. The average molecular weight is 194 g/mol. The number of nitrogens with zero attached hydrogens (tertiary/aromatic N) is 4. The van der Waals surface area contributed by atoms with Gasteiger partial charge in [0.15, 0.2) is 5.84 Å². The predicted molar refractivity (Wildman–Crippen MR) is 55.1 cm³/mol. The summed E-state index contributed by atoms with van der Waals surface area (Å²) >= 11 is 0. The summed E-state index contributed by atoms with van der Waals surface area (Å²) in [4.78, 5) is 0. The zero-order valence-corrected chi connectivity index (χ0v) is 8.52. The van der Waals surface area contributed by atoms with Gasteiger partial charge in [0.05, 0.1) is 0 Å². The zero-order valence-electron chi connectivity index (χ0n) is 8.52. The maximum Gasteiger partial charge on any atom is 0.195 e. The minimum atomic E-state index is 0.649. The number of hydrogen-bond acceptors (Lipinski definition) is 5. The molecule has 2 N–H and O–H groups in total. The predicted octanol–water partition coefficient (Wildman–Crippen LogP) is 0.797. The normalized spacial score (nSPS) is 20.8. The van der Waals surface area contributed by atoms with Gasteiger partial charge in [-0.2, -0.15) is 5.10 Å². The van der Waals surface area contributed by atoms with Gasteiger partial charge in [0.1, 0.15) is 5.70 Å². The van der Waals surface area contributed by atoms with Gasteiger partial charge in [-0.1, -0.05) is 11.3 Å². The number of hydrazone groups is 1. The topological polar surface area (TPSA) is 64.4 Å². The lowest BCUT2D eigenvalue weighted by Gasteiger charge is -2.07. The summed E-state index contributed by atoms with van der Waals surface area (Å²) in [6.45, 7) is 1.89. The fraction of sp³-hybridized carbons (Fsp3) is 0.375. The summed E-state index contributed by atoms with van der Waals surface area (Å²) in [6.07, 6.45) is 5.42. The van der Waals surface area contributed by atoms with Crippen molar-refractivity contribution in [3.8, 4) is 0 Å². The third-order valence-electron chi connectivity index (χ3n) is 1.54. The Morgan fingerprint density at radius 2 is 2.36 bits per heavy atom. The Labute approximate surface area is 83.1 Å². The minimum Gasteiger partial charge on any atom is -0.393 e. The van der Waals surface area contributed by atoms with Crippen LogP contribution in [0.3, 0.4) is 0 Å². The molecule has 76 valence electrons. The third kappa shape index (κ3) is 2.58. The zero-order chi connectivity index (χ0) is 10.4. The largest absolute Gasteiger partial charge is 0.393 e. The van der Waals surface area contributed by atoms with Gasteiger partial charge in [0.2, 0.25) is 0 Å². The Bertz CT molecular complexity index is 301. The quantitative estimate of drug-likeness (QED) is 0.653. The van der Waals surface area contributed by atoms with Crippen molar-refractivity contribution in [2.45, 2.75) is 6.92 Å². The van der Waals surface area contributed by atoms with E-state index < -0.39 is 0 Å². The van der Waals surface area contributed by atoms with Crippen molar-refractivity contribution in [2.75, 3.05) is 14.1 Å². The van der Waals surface area contributed by atoms with Gasteiger partial charge < -0.3 is 5.32 Å². The Kier molecular flexibility index (Phi) is 3.66. The summed E-state index contributed by atoms with van der Waals surface area (Å²) in [7, 11) is 3.65. The molecule has 14 heavy (non-hydrogen) atoms. The molecule has 0 amide bonds. The standard InChI is InChI=1S/C8H14N6/c1-4-7-8(11-13-10-7)12-14(3)6-5-9-2/h4-6,9H,1-3H3,(H,10,11,12)/b6-5-,7-4+. The number of rotatable bonds is 3. The highest BCUT2D eigenvalue weighted by molar-refractivity contribution is 5.98. The summed E-state index contributed by atoms with van der Waals surface area (Å²) in [5, 5.41) is 16.3. The van der Waals surface area contributed by atoms with Crippen LogP contribution < -0.4 is 10.7 Å². The summed E-state index contributed by atoms with van der Waals surface area (Å²) in [5.74, 6) is 0.649. The van der Waals surface area contributed by atoms with E-state index >= 15 is 0 Å². The minimum absolute atomic E-state index is 0.649. The van der Waals surface area contributed by atoms with Crippen LogP contribution in [-0.4, -0.2) is 24.9 Å². The van der Waals surface area contributed by atoms with E-state index in [1.165, 1.54) is 0 Å². The van der Waals surface area contributed by atoms with E-state index in [0.29, 0.717) is 5.84 Å². The van der Waals surface area contributed by atoms with E-state index in [1.54, 1.807) is 17.4 Å². The molecular weight excluding hydrogens is 180 g/mol. The molecule has 0 saturated carbocycles. The second-order valence-corrected chi connectivity index (χ2v) is 2.61. The monoisotopic (exact) mass is 194 g/mol. The second kappa shape index (κ2) is 5.00. The molecule has 0 aromatic rings. The summed E-state index contributed by atoms with van der Waals surface area (Å²) < 4.78 is 0. The third-order valence-corrected chi connectivity index (χ3v) is 1.54. The maximum absolute atomic E-state index is 4.22. The Morgan fingerprint density at radius 3 is 3.00 bits per heavy atom. The van der Waals surface area contributed by atoms with Crippen LogP contribution in [0.25, 0.3) is 0 Å². The van der Waals surface area contributed by atoms with Crippen molar-refractivity contribution in [2.24, 2.45) is 15.4 Å². The van der Waals surface area contributed by atoms with Crippen LogP contribution in [0.1, 0.15) is 6.92 Å². The maximum atomic E-state index is 4.22. The first-order chi connectivity index (χ1) is 6.77. The Morgan fingerprint density at radius 1 is 1.57 bits per heavy atom. The van der Waals surface area contributed by atoms with Gasteiger partial charge in [-0.3, -0.25) is 5.01 Å². The molecule has 0 atom stereocenters. The van der Waals surface area contributed by atoms with Gasteiger partial charge in [-0.15, -0.1) is 5.11 Å². The van der Waals surface area contributed by atoms with Crippen molar-refractivity contribution in [1.82, 2.24) is 15.8 Å². The number of allylic oxidation sites excluding steroid dienone is 1. The van der Waals surface area contributed by atoms with Crippen LogP contribution in [0, 0.1) is 0 Å². The van der Waals surface area contributed by atoms with Crippen LogP contribution >= 0.6 is 0 Å². The van der Waals surface area contributed by atoms with E-state index in [1.807, 2.05) is 27.1 Å². The molecule has 0 fully saturated rings. The first-order valence-electron chi connectivity index (χ1n) is 4.26. The van der Waals surface area contributed by atoms with Crippen LogP contribution in [0.2, 0.25) is 0 Å². The smallest absolute Gasteiger partial charge is 0.195 e. The van der Waals surface area contributed by atoms with Crippen LogP contribution in [0.5, 0.6) is 0 Å². The molecule has 0 aromatic heterocycles. The molecule has 0 aliphatic carbocycles. The van der Waals surface area contributed by atoms with Crippen LogP contribution in [0.15, 0.2) is 39.6 Å². The van der Waals surface area contributed by atoms with E-state index in [4.69, 9.17) is 0 Å². The molecular formula is C8H14N6. The van der Waals surface area contributed by atoms with E-state index in [0.717, 1.165) is 5.70 Å². The van der Waals surface area contributed by atoms with Crippen molar-refractivity contribution in [1.29, 1.82) is 0 Å². The average Bonchev–Trinajstić information content (AvgIpc) is 2.62. The highest BCUT2D eigenvalue weighted by Crippen LogP contribution is 2.06. The second-order valence-electron chi connectivity index (χ2n) is 2.61. The molecule has 0 saturated heterocycles. The molecule has 6 heteroatoms. The number of nitrogens with one attached hydrogen (secondary N) is 2. The highest BCUT2D eigenvalue weighted by Gasteiger charge is 2.11. The molecule has 6 nitrogen and oxygen atoms in total. The van der Waals surface area contributed by atoms with Gasteiger partial charge in [0.25, 0.3) is 0 Å². The van der Waals surface area contributed by atoms with Crippen LogP contribution in [-0.2, 0) is 0 Å². The van der Waals surface area contributed by atoms with Crippen LogP contribution in [0.4, 0.5) is 0 Å². The van der Waals surface area contributed by atoms with E-state index in [9.17, 15) is 0 Å². The molecule has 0 unspecified atom stereocenters. The fourth-order valence-corrected chi connectivity index (χ4v) is 0.872.